The molecular formula is C6H5F2NO3S. The van der Waals surface area contributed by atoms with E-state index in [2.05, 4.69) is 9.72 Å². The number of aromatic nitrogens is 1. The summed E-state index contributed by atoms with van der Waals surface area (Å²) in [6, 6.07) is 0. The molecule has 0 fully saturated rings. The molecule has 72 valence electrons. The number of alkyl halides is 2. The van der Waals surface area contributed by atoms with Crippen LogP contribution in [0.4, 0.5) is 8.78 Å². The van der Waals surface area contributed by atoms with Crippen molar-refractivity contribution in [2.24, 2.45) is 0 Å². The lowest BCUT2D eigenvalue weighted by Crippen LogP contribution is -2.23. The van der Waals surface area contributed by atoms with Crippen LogP contribution in [0.15, 0.2) is 6.20 Å². The number of carboxylic acids is 1. The van der Waals surface area contributed by atoms with Gasteiger partial charge in [0.05, 0.1) is 13.3 Å². The van der Waals surface area contributed by atoms with Crippen molar-refractivity contribution in [1.82, 2.24) is 4.98 Å². The standard InChI is InChI=1S/C6H5F2NO3S/c1-12-5-9-2-3(13-5)6(7,8)4(10)11/h2H,1H3,(H,10,11). The zero-order valence-corrected chi connectivity index (χ0v) is 7.27. The first-order chi connectivity index (χ1) is 5.98. The predicted molar refractivity (Wildman–Crippen MR) is 40.2 cm³/mol. The van der Waals surface area contributed by atoms with Crippen molar-refractivity contribution in [3.05, 3.63) is 11.1 Å². The number of carboxylic acid groups (broad SMARTS) is 1. The molecule has 0 atom stereocenters. The Balaban J connectivity index is 3.00. The van der Waals surface area contributed by atoms with Crippen LogP contribution in [-0.2, 0) is 10.7 Å². The Bertz CT molecular complexity index is 325. The molecule has 1 N–H and O–H groups in total. The Morgan fingerprint density at radius 3 is 2.77 bits per heavy atom. The number of methoxy groups -OCH3 is 1. The number of nitrogens with zero attached hydrogens (tertiary/aromatic N) is 1. The number of ether oxygens (including phenoxy) is 1. The van der Waals surface area contributed by atoms with Crippen molar-refractivity contribution in [2.75, 3.05) is 7.11 Å². The minimum Gasteiger partial charge on any atom is -0.477 e. The Hall–Kier alpha value is -1.24. The van der Waals surface area contributed by atoms with Crippen LogP contribution in [0.2, 0.25) is 0 Å². The summed E-state index contributed by atoms with van der Waals surface area (Å²) in [7, 11) is 1.27. The molecule has 0 aliphatic heterocycles. The maximum absolute atomic E-state index is 12.7. The summed E-state index contributed by atoms with van der Waals surface area (Å²) < 4.78 is 30.0. The lowest BCUT2D eigenvalue weighted by Gasteiger charge is -2.06. The molecule has 0 aromatic carbocycles. The molecule has 1 heterocycles. The number of thiazole rings is 1. The Morgan fingerprint density at radius 2 is 2.38 bits per heavy atom. The van der Waals surface area contributed by atoms with Gasteiger partial charge in [-0.05, 0) is 0 Å². The van der Waals surface area contributed by atoms with Crippen LogP contribution >= 0.6 is 11.3 Å². The highest BCUT2D eigenvalue weighted by Crippen LogP contribution is 2.34. The quantitative estimate of drug-likeness (QED) is 0.815. The van der Waals surface area contributed by atoms with Crippen molar-refractivity contribution in [2.45, 2.75) is 5.92 Å². The first kappa shape index (κ1) is 9.85. The number of carbonyl (C=O) groups is 1. The number of halogens is 2. The van der Waals surface area contributed by atoms with E-state index >= 15 is 0 Å². The molecule has 1 aromatic heterocycles. The zero-order valence-electron chi connectivity index (χ0n) is 6.45. The van der Waals surface area contributed by atoms with Gasteiger partial charge < -0.3 is 9.84 Å². The van der Waals surface area contributed by atoms with Gasteiger partial charge in [-0.2, -0.15) is 8.78 Å². The van der Waals surface area contributed by atoms with Gasteiger partial charge in [0, 0.05) is 0 Å². The van der Waals surface area contributed by atoms with Crippen LogP contribution in [0.25, 0.3) is 0 Å². The van der Waals surface area contributed by atoms with Crippen LogP contribution in [0.5, 0.6) is 5.19 Å². The molecular weight excluding hydrogens is 204 g/mol. The van der Waals surface area contributed by atoms with Crippen LogP contribution in [0.3, 0.4) is 0 Å². The van der Waals surface area contributed by atoms with Gasteiger partial charge in [0.25, 0.3) is 5.19 Å². The monoisotopic (exact) mass is 209 g/mol. The van der Waals surface area contributed by atoms with Crippen molar-refractivity contribution >= 4 is 17.3 Å². The Labute approximate surface area is 75.8 Å². The van der Waals surface area contributed by atoms with Crippen LogP contribution in [0.1, 0.15) is 4.88 Å². The fourth-order valence-corrected chi connectivity index (χ4v) is 1.30. The van der Waals surface area contributed by atoms with Crippen molar-refractivity contribution in [3.63, 3.8) is 0 Å². The molecule has 0 aliphatic rings. The molecule has 0 saturated heterocycles. The molecule has 4 nitrogen and oxygen atoms in total. The minimum atomic E-state index is -3.89. The van der Waals surface area contributed by atoms with Gasteiger partial charge >= 0.3 is 11.9 Å². The second kappa shape index (κ2) is 3.25. The van der Waals surface area contributed by atoms with Gasteiger partial charge in [-0.15, -0.1) is 0 Å². The highest BCUT2D eigenvalue weighted by Gasteiger charge is 2.43. The van der Waals surface area contributed by atoms with E-state index in [1.165, 1.54) is 7.11 Å². The fraction of sp³-hybridized carbons (Fsp3) is 0.333. The molecule has 13 heavy (non-hydrogen) atoms. The first-order valence-corrected chi connectivity index (χ1v) is 3.91. The van der Waals surface area contributed by atoms with Crippen LogP contribution in [-0.4, -0.2) is 23.2 Å². The van der Waals surface area contributed by atoms with E-state index in [4.69, 9.17) is 5.11 Å². The normalized spacial score (nSPS) is 11.3. The van der Waals surface area contributed by atoms with E-state index in [-0.39, 0.29) is 5.19 Å². The van der Waals surface area contributed by atoms with E-state index in [1.54, 1.807) is 0 Å². The molecule has 0 unspecified atom stereocenters. The molecule has 0 bridgehead atoms. The topological polar surface area (TPSA) is 59.4 Å². The predicted octanol–water partition coefficient (Wildman–Crippen LogP) is 1.33. The minimum absolute atomic E-state index is 0.0101. The van der Waals surface area contributed by atoms with Crippen LogP contribution in [0, 0.1) is 0 Å². The maximum Gasteiger partial charge on any atom is 0.380 e. The molecule has 1 aromatic rings. The summed E-state index contributed by atoms with van der Waals surface area (Å²) in [6.45, 7) is 0. The SMILES string of the molecule is COc1ncc(C(F)(F)C(=O)O)s1. The molecule has 0 spiro atoms. The second-order valence-corrected chi connectivity index (χ2v) is 3.07. The van der Waals surface area contributed by atoms with Gasteiger partial charge in [-0.3, -0.25) is 0 Å². The van der Waals surface area contributed by atoms with E-state index in [1.807, 2.05) is 0 Å². The average molecular weight is 209 g/mol. The van der Waals surface area contributed by atoms with Crippen molar-refractivity contribution in [3.8, 4) is 5.19 Å². The Morgan fingerprint density at radius 1 is 1.77 bits per heavy atom. The smallest absolute Gasteiger partial charge is 0.380 e. The lowest BCUT2D eigenvalue weighted by molar-refractivity contribution is -0.165. The maximum atomic E-state index is 12.7. The molecule has 0 aliphatic carbocycles. The van der Waals surface area contributed by atoms with Gasteiger partial charge in [0.1, 0.15) is 4.88 Å². The van der Waals surface area contributed by atoms with Gasteiger partial charge in [-0.1, -0.05) is 11.3 Å². The summed E-state index contributed by atoms with van der Waals surface area (Å²) in [4.78, 5) is 12.9. The summed E-state index contributed by atoms with van der Waals surface area (Å²) in [6.07, 6.45) is 0.789. The Kier molecular flexibility index (Phi) is 2.46. The summed E-state index contributed by atoms with van der Waals surface area (Å²) >= 11 is 0.504. The lowest BCUT2D eigenvalue weighted by atomic mass is 10.3. The highest BCUT2D eigenvalue weighted by atomic mass is 32.1. The first-order valence-electron chi connectivity index (χ1n) is 3.10. The molecule has 0 saturated carbocycles. The summed E-state index contributed by atoms with van der Waals surface area (Å²) in [5, 5.41) is 8.17. The van der Waals surface area contributed by atoms with E-state index < -0.39 is 16.8 Å². The van der Waals surface area contributed by atoms with E-state index in [9.17, 15) is 13.6 Å². The van der Waals surface area contributed by atoms with Gasteiger partial charge in [-0.25, -0.2) is 9.78 Å². The zero-order chi connectivity index (χ0) is 10.1. The van der Waals surface area contributed by atoms with E-state index in [0.717, 1.165) is 6.20 Å². The summed E-state index contributed by atoms with van der Waals surface area (Å²) in [5.74, 6) is -6.09. The number of rotatable bonds is 3. The molecule has 0 amide bonds. The van der Waals surface area contributed by atoms with Crippen molar-refractivity contribution < 1.29 is 23.4 Å². The number of aliphatic carboxylic acids is 1. The van der Waals surface area contributed by atoms with Gasteiger partial charge in [0.2, 0.25) is 0 Å². The third kappa shape index (κ3) is 1.74. The average Bonchev–Trinajstić information content (AvgIpc) is 2.51. The number of hydrogen-bond acceptors (Lipinski definition) is 4. The highest BCUT2D eigenvalue weighted by molar-refractivity contribution is 7.13. The van der Waals surface area contributed by atoms with Gasteiger partial charge in [0.15, 0.2) is 0 Å². The fourth-order valence-electron chi connectivity index (χ4n) is 0.603. The summed E-state index contributed by atoms with van der Waals surface area (Å²) in [5.41, 5.74) is 0. The van der Waals surface area contributed by atoms with Crippen molar-refractivity contribution in [1.29, 1.82) is 0 Å². The molecule has 1 rings (SSSR count). The largest absolute Gasteiger partial charge is 0.477 e. The molecule has 7 heteroatoms. The number of hydrogen-bond donors (Lipinski definition) is 1. The third-order valence-corrected chi connectivity index (χ3v) is 2.27. The third-order valence-electron chi connectivity index (χ3n) is 1.24. The second-order valence-electron chi connectivity index (χ2n) is 2.07. The van der Waals surface area contributed by atoms with Crippen LogP contribution < -0.4 is 4.74 Å². The molecule has 0 radical (unpaired) electrons. The van der Waals surface area contributed by atoms with E-state index in [0.29, 0.717) is 11.3 Å².